The first kappa shape index (κ1) is 20.3. The summed E-state index contributed by atoms with van der Waals surface area (Å²) >= 11 is 5.96. The number of para-hydroxylation sites is 1. The molecule has 0 aliphatic heterocycles. The molecule has 0 bridgehead atoms. The summed E-state index contributed by atoms with van der Waals surface area (Å²) in [4.78, 5) is 28.7. The predicted octanol–water partition coefficient (Wildman–Crippen LogP) is 3.21. The standard InChI is InChI=1S/C19H21ClN4O3/c1-12-7-13(2)9-14(8-12)22-19(26)11-27-24-17(21)10-18(25)23-16-6-4-3-5-15(16)20/h3-9H,10-11H2,1-2H3,(H2,21,24)(H,22,26)(H,23,25). The molecule has 7 nitrogen and oxygen atoms in total. The van der Waals surface area contributed by atoms with E-state index in [1.807, 2.05) is 32.0 Å². The van der Waals surface area contributed by atoms with Gasteiger partial charge >= 0.3 is 0 Å². The number of benzene rings is 2. The van der Waals surface area contributed by atoms with Crippen LogP contribution in [-0.4, -0.2) is 24.3 Å². The van der Waals surface area contributed by atoms with E-state index in [9.17, 15) is 9.59 Å². The lowest BCUT2D eigenvalue weighted by molar-refractivity contribution is -0.120. The molecule has 0 radical (unpaired) electrons. The van der Waals surface area contributed by atoms with E-state index in [0.29, 0.717) is 16.4 Å². The molecule has 4 N–H and O–H groups in total. The zero-order valence-corrected chi connectivity index (χ0v) is 15.8. The number of nitrogens with zero attached hydrogens (tertiary/aromatic N) is 1. The van der Waals surface area contributed by atoms with Crippen molar-refractivity contribution in [3.8, 4) is 0 Å². The third-order valence-corrected chi connectivity index (χ3v) is 3.70. The van der Waals surface area contributed by atoms with Crippen LogP contribution in [0.1, 0.15) is 17.5 Å². The minimum atomic E-state index is -0.396. The Morgan fingerprint density at radius 2 is 1.74 bits per heavy atom. The summed E-state index contributed by atoms with van der Waals surface area (Å²) in [5.41, 5.74) is 8.88. The maximum Gasteiger partial charge on any atom is 0.265 e. The van der Waals surface area contributed by atoms with Gasteiger partial charge in [0.25, 0.3) is 5.91 Å². The second-order valence-corrected chi connectivity index (χ2v) is 6.39. The molecule has 0 spiro atoms. The monoisotopic (exact) mass is 388 g/mol. The molecule has 2 amide bonds. The molecule has 0 unspecified atom stereocenters. The summed E-state index contributed by atoms with van der Waals surface area (Å²) in [6.45, 7) is 3.56. The smallest absolute Gasteiger partial charge is 0.265 e. The van der Waals surface area contributed by atoms with Crippen LogP contribution in [0, 0.1) is 13.8 Å². The first-order chi connectivity index (χ1) is 12.8. The van der Waals surface area contributed by atoms with Gasteiger partial charge in [0.1, 0.15) is 5.84 Å². The van der Waals surface area contributed by atoms with Crippen LogP contribution in [0.25, 0.3) is 0 Å². The Kier molecular flexibility index (Phi) is 7.19. The lowest BCUT2D eigenvalue weighted by atomic mass is 10.1. The highest BCUT2D eigenvalue weighted by atomic mass is 35.5. The van der Waals surface area contributed by atoms with E-state index in [-0.39, 0.29) is 24.8 Å². The molecule has 0 fully saturated rings. The van der Waals surface area contributed by atoms with Gasteiger partial charge in [-0.3, -0.25) is 9.59 Å². The van der Waals surface area contributed by atoms with Crippen molar-refractivity contribution in [2.24, 2.45) is 10.9 Å². The van der Waals surface area contributed by atoms with Gasteiger partial charge in [0.2, 0.25) is 5.91 Å². The number of nitrogens with two attached hydrogens (primary N) is 1. The van der Waals surface area contributed by atoms with Crippen molar-refractivity contribution < 1.29 is 14.4 Å². The predicted molar refractivity (Wildman–Crippen MR) is 107 cm³/mol. The number of hydrogen-bond acceptors (Lipinski definition) is 4. The number of nitrogens with one attached hydrogen (secondary N) is 2. The third kappa shape index (κ3) is 6.99. The van der Waals surface area contributed by atoms with Gasteiger partial charge in [-0.15, -0.1) is 0 Å². The number of halogens is 1. The molecular formula is C19H21ClN4O3. The molecule has 0 aromatic heterocycles. The van der Waals surface area contributed by atoms with E-state index in [1.54, 1.807) is 24.3 Å². The normalized spacial score (nSPS) is 11.0. The van der Waals surface area contributed by atoms with Gasteiger partial charge in [-0.1, -0.05) is 35.0 Å². The number of aryl methyl sites for hydroxylation is 2. The number of amides is 2. The number of amidine groups is 1. The Morgan fingerprint density at radius 1 is 1.07 bits per heavy atom. The summed E-state index contributed by atoms with van der Waals surface area (Å²) in [5, 5.41) is 9.33. The fourth-order valence-corrected chi connectivity index (χ4v) is 2.55. The summed E-state index contributed by atoms with van der Waals surface area (Å²) in [7, 11) is 0. The van der Waals surface area contributed by atoms with Gasteiger partial charge in [0.05, 0.1) is 17.1 Å². The van der Waals surface area contributed by atoms with E-state index in [1.165, 1.54) is 0 Å². The third-order valence-electron chi connectivity index (χ3n) is 3.37. The summed E-state index contributed by atoms with van der Waals surface area (Å²) in [6, 6.07) is 12.5. The fourth-order valence-electron chi connectivity index (χ4n) is 2.37. The molecular weight excluding hydrogens is 368 g/mol. The van der Waals surface area contributed by atoms with Gasteiger partial charge in [-0.25, -0.2) is 0 Å². The molecule has 0 saturated heterocycles. The molecule has 8 heteroatoms. The number of anilines is 2. The van der Waals surface area contributed by atoms with Crippen molar-refractivity contribution in [2.45, 2.75) is 20.3 Å². The van der Waals surface area contributed by atoms with E-state index in [4.69, 9.17) is 22.2 Å². The number of carbonyl (C=O) groups is 2. The minimum Gasteiger partial charge on any atom is -0.384 e. The van der Waals surface area contributed by atoms with Crippen molar-refractivity contribution in [2.75, 3.05) is 17.2 Å². The second kappa shape index (κ2) is 9.59. The zero-order valence-electron chi connectivity index (χ0n) is 15.1. The van der Waals surface area contributed by atoms with Crippen molar-refractivity contribution in [1.29, 1.82) is 0 Å². The van der Waals surface area contributed by atoms with Crippen LogP contribution >= 0.6 is 11.6 Å². The van der Waals surface area contributed by atoms with Gasteiger partial charge < -0.3 is 21.2 Å². The molecule has 0 heterocycles. The molecule has 2 aromatic carbocycles. The van der Waals surface area contributed by atoms with Gasteiger partial charge in [0, 0.05) is 5.69 Å². The van der Waals surface area contributed by atoms with Gasteiger partial charge in [-0.2, -0.15) is 0 Å². The van der Waals surface area contributed by atoms with E-state index in [2.05, 4.69) is 15.8 Å². The van der Waals surface area contributed by atoms with Crippen molar-refractivity contribution in [3.63, 3.8) is 0 Å². The Balaban J connectivity index is 1.78. The Labute approximate surface area is 162 Å². The van der Waals surface area contributed by atoms with Crippen molar-refractivity contribution in [1.82, 2.24) is 0 Å². The molecule has 27 heavy (non-hydrogen) atoms. The Morgan fingerprint density at radius 3 is 2.41 bits per heavy atom. The molecule has 0 atom stereocenters. The van der Waals surface area contributed by atoms with E-state index in [0.717, 1.165) is 11.1 Å². The highest BCUT2D eigenvalue weighted by Crippen LogP contribution is 2.20. The Bertz CT molecular complexity index is 848. The molecule has 2 aromatic rings. The van der Waals surface area contributed by atoms with Crippen LogP contribution in [-0.2, 0) is 14.4 Å². The quantitative estimate of drug-likeness (QED) is 0.384. The minimum absolute atomic E-state index is 0.0567. The summed E-state index contributed by atoms with van der Waals surface area (Å²) < 4.78 is 0. The molecule has 2 rings (SSSR count). The highest BCUT2D eigenvalue weighted by molar-refractivity contribution is 6.33. The van der Waals surface area contributed by atoms with E-state index < -0.39 is 5.91 Å². The fraction of sp³-hybridized carbons (Fsp3) is 0.211. The van der Waals surface area contributed by atoms with Crippen LogP contribution in [0.3, 0.4) is 0 Å². The number of hydrogen-bond donors (Lipinski definition) is 3. The number of carbonyl (C=O) groups excluding carboxylic acids is 2. The topological polar surface area (TPSA) is 106 Å². The SMILES string of the molecule is Cc1cc(C)cc(NC(=O)CON=C(N)CC(=O)Nc2ccccc2Cl)c1. The van der Waals surface area contributed by atoms with E-state index >= 15 is 0 Å². The van der Waals surface area contributed by atoms with Crippen LogP contribution in [0.4, 0.5) is 11.4 Å². The summed E-state index contributed by atoms with van der Waals surface area (Å²) in [6.07, 6.45) is -0.191. The average molecular weight is 389 g/mol. The maximum absolute atomic E-state index is 11.9. The average Bonchev–Trinajstić information content (AvgIpc) is 2.55. The molecule has 0 aliphatic rings. The Hall–Kier alpha value is -3.06. The molecule has 0 saturated carbocycles. The second-order valence-electron chi connectivity index (χ2n) is 5.99. The number of oxime groups is 1. The van der Waals surface area contributed by atoms with Crippen LogP contribution in [0.2, 0.25) is 5.02 Å². The summed E-state index contributed by atoms with van der Waals surface area (Å²) in [5.74, 6) is -0.830. The molecule has 142 valence electrons. The van der Waals surface area contributed by atoms with Gasteiger partial charge in [-0.05, 0) is 49.2 Å². The number of rotatable bonds is 7. The van der Waals surface area contributed by atoms with Crippen molar-refractivity contribution in [3.05, 3.63) is 58.6 Å². The maximum atomic E-state index is 11.9. The van der Waals surface area contributed by atoms with Crippen LogP contribution in [0.5, 0.6) is 0 Å². The highest BCUT2D eigenvalue weighted by Gasteiger charge is 2.09. The van der Waals surface area contributed by atoms with Crippen LogP contribution < -0.4 is 16.4 Å². The first-order valence-electron chi connectivity index (χ1n) is 8.20. The first-order valence-corrected chi connectivity index (χ1v) is 8.58. The van der Waals surface area contributed by atoms with Crippen molar-refractivity contribution >= 4 is 40.6 Å². The van der Waals surface area contributed by atoms with Gasteiger partial charge in [0.15, 0.2) is 6.61 Å². The lowest BCUT2D eigenvalue weighted by Gasteiger charge is -2.08. The largest absolute Gasteiger partial charge is 0.384 e. The zero-order chi connectivity index (χ0) is 19.8. The molecule has 0 aliphatic carbocycles. The van der Waals surface area contributed by atoms with Crippen LogP contribution in [0.15, 0.2) is 47.6 Å². The lowest BCUT2D eigenvalue weighted by Crippen LogP contribution is -2.23.